The van der Waals surface area contributed by atoms with Gasteiger partial charge >= 0.3 is 0 Å². The van der Waals surface area contributed by atoms with E-state index in [9.17, 15) is 0 Å². The van der Waals surface area contributed by atoms with E-state index in [1.807, 2.05) is 0 Å². The van der Waals surface area contributed by atoms with Crippen LogP contribution in [0.4, 0.5) is 5.69 Å². The van der Waals surface area contributed by atoms with Crippen LogP contribution in [0.3, 0.4) is 0 Å². The van der Waals surface area contributed by atoms with Gasteiger partial charge in [-0.05, 0) is 63.2 Å². The molecule has 10 rings (SSSR count). The number of ether oxygens (including phenoxy) is 1. The van der Waals surface area contributed by atoms with Crippen molar-refractivity contribution in [3.8, 4) is 33.8 Å². The van der Waals surface area contributed by atoms with Crippen molar-refractivity contribution < 1.29 is 4.74 Å². The van der Waals surface area contributed by atoms with Crippen LogP contribution >= 0.6 is 0 Å². The van der Waals surface area contributed by atoms with Gasteiger partial charge in [0.1, 0.15) is 23.4 Å². The first-order valence-electron chi connectivity index (χ1n) is 16.5. The maximum atomic E-state index is 6.52. The van der Waals surface area contributed by atoms with Crippen molar-refractivity contribution in [3.05, 3.63) is 209 Å². The molecule has 3 heteroatoms. The summed E-state index contributed by atoms with van der Waals surface area (Å²) < 4.78 is 6.52. The predicted molar refractivity (Wildman–Crippen MR) is 194 cm³/mol. The van der Waals surface area contributed by atoms with Crippen molar-refractivity contribution in [1.29, 1.82) is 0 Å². The van der Waals surface area contributed by atoms with Crippen molar-refractivity contribution >= 4 is 11.5 Å². The quantitative estimate of drug-likeness (QED) is 0.215. The molecule has 0 amide bonds. The van der Waals surface area contributed by atoms with Crippen LogP contribution in [-0.2, 0) is 5.41 Å². The molecule has 0 bridgehead atoms. The maximum Gasteiger partial charge on any atom is 0.133 e. The number of hydrogen-bond acceptors (Lipinski definition) is 3. The van der Waals surface area contributed by atoms with Crippen molar-refractivity contribution in [2.45, 2.75) is 11.5 Å². The Morgan fingerprint density at radius 3 is 1.83 bits per heavy atom. The number of para-hydroxylation sites is 3. The topological polar surface area (TPSA) is 33.6 Å². The normalized spacial score (nSPS) is 15.9. The third kappa shape index (κ3) is 3.85. The standard InChI is InChI=1S/C45H30N2O/c1-2-12-30(13-3-1)43-35-15-5-9-19-40(35)46-44(47-43)31-24-22-29(23-25-31)32-26-27-34-33-14-4-6-16-36(33)45(39(34)28-32)37-17-7-10-20-41(37)48-42-21-11-8-18-38(42)45/h1-28,43H,(H,46,47). The SMILES string of the molecule is c1ccc(C2N=C(c3ccc(-c4ccc5c(c4)C4(c6ccccc6Oc6ccccc64)c4ccccc4-5)cc3)Nc3ccccc32)cc1. The fraction of sp³-hybridized carbons (Fsp3) is 0.0444. The number of hydrogen-bond donors (Lipinski definition) is 1. The molecule has 226 valence electrons. The van der Waals surface area contributed by atoms with Gasteiger partial charge in [0.2, 0.25) is 0 Å². The lowest BCUT2D eigenvalue weighted by Crippen LogP contribution is -2.32. The summed E-state index contributed by atoms with van der Waals surface area (Å²) in [5.74, 6) is 2.70. The Morgan fingerprint density at radius 2 is 1.06 bits per heavy atom. The minimum atomic E-state index is -0.478. The number of nitrogens with zero attached hydrogens (tertiary/aromatic N) is 1. The summed E-state index contributed by atoms with van der Waals surface area (Å²) in [7, 11) is 0. The Hall–Kier alpha value is -6.19. The lowest BCUT2D eigenvalue weighted by molar-refractivity contribution is 0.436. The van der Waals surface area contributed by atoms with Crippen LogP contribution in [-0.4, -0.2) is 5.84 Å². The van der Waals surface area contributed by atoms with Gasteiger partial charge in [0.15, 0.2) is 0 Å². The lowest BCUT2D eigenvalue weighted by atomic mass is 9.66. The summed E-state index contributed by atoms with van der Waals surface area (Å²) in [6.07, 6.45) is 0. The highest BCUT2D eigenvalue weighted by Gasteiger charge is 2.51. The van der Waals surface area contributed by atoms with Gasteiger partial charge in [0.25, 0.3) is 0 Å². The zero-order valence-electron chi connectivity index (χ0n) is 26.1. The molecule has 0 radical (unpaired) electrons. The molecule has 1 N–H and O–H groups in total. The molecule has 7 aromatic rings. The second-order valence-electron chi connectivity index (χ2n) is 12.7. The molecule has 2 aliphatic heterocycles. The van der Waals surface area contributed by atoms with Gasteiger partial charge in [0.05, 0.1) is 5.41 Å². The van der Waals surface area contributed by atoms with Gasteiger partial charge in [-0.1, -0.05) is 146 Å². The van der Waals surface area contributed by atoms with E-state index >= 15 is 0 Å². The molecule has 48 heavy (non-hydrogen) atoms. The smallest absolute Gasteiger partial charge is 0.133 e. The lowest BCUT2D eigenvalue weighted by Gasteiger charge is -2.39. The minimum Gasteiger partial charge on any atom is -0.457 e. The van der Waals surface area contributed by atoms with E-state index in [4.69, 9.17) is 9.73 Å². The van der Waals surface area contributed by atoms with Crippen LogP contribution in [0.2, 0.25) is 0 Å². The first-order valence-corrected chi connectivity index (χ1v) is 16.5. The summed E-state index contributed by atoms with van der Waals surface area (Å²) in [4.78, 5) is 5.23. The van der Waals surface area contributed by atoms with Gasteiger partial charge in [0, 0.05) is 27.9 Å². The first-order chi connectivity index (χ1) is 23.8. The Morgan fingerprint density at radius 1 is 0.479 bits per heavy atom. The van der Waals surface area contributed by atoms with Crippen LogP contribution in [0.5, 0.6) is 11.5 Å². The van der Waals surface area contributed by atoms with Crippen molar-refractivity contribution in [3.63, 3.8) is 0 Å². The zero-order chi connectivity index (χ0) is 31.7. The van der Waals surface area contributed by atoms with Gasteiger partial charge in [-0.25, -0.2) is 0 Å². The highest BCUT2D eigenvalue weighted by molar-refractivity contribution is 6.10. The van der Waals surface area contributed by atoms with Crippen molar-refractivity contribution in [2.75, 3.05) is 5.32 Å². The Balaban J connectivity index is 1.10. The van der Waals surface area contributed by atoms with E-state index in [2.05, 4.69) is 175 Å². The molecule has 0 saturated heterocycles. The number of amidine groups is 1. The van der Waals surface area contributed by atoms with Crippen molar-refractivity contribution in [2.24, 2.45) is 4.99 Å². The third-order valence-electron chi connectivity index (χ3n) is 10.2. The molecule has 1 atom stereocenters. The molecule has 2 heterocycles. The zero-order valence-corrected chi connectivity index (χ0v) is 26.1. The molecule has 0 saturated carbocycles. The van der Waals surface area contributed by atoms with Crippen LogP contribution in [0, 0.1) is 0 Å². The average molecular weight is 615 g/mol. The monoisotopic (exact) mass is 614 g/mol. The minimum absolute atomic E-state index is 0.0573. The molecule has 7 aromatic carbocycles. The van der Waals surface area contributed by atoms with E-state index in [-0.39, 0.29) is 6.04 Å². The number of anilines is 1. The molecule has 1 spiro atoms. The molecular weight excluding hydrogens is 585 g/mol. The summed E-state index contributed by atoms with van der Waals surface area (Å²) in [5, 5.41) is 3.61. The molecule has 1 aliphatic carbocycles. The fourth-order valence-electron chi connectivity index (χ4n) is 8.10. The maximum absolute atomic E-state index is 6.52. The average Bonchev–Trinajstić information content (AvgIpc) is 3.45. The van der Waals surface area contributed by atoms with E-state index in [1.165, 1.54) is 50.1 Å². The van der Waals surface area contributed by atoms with Gasteiger partial charge in [-0.15, -0.1) is 0 Å². The van der Waals surface area contributed by atoms with Gasteiger partial charge in [-0.2, -0.15) is 0 Å². The highest BCUT2D eigenvalue weighted by atomic mass is 16.5. The second kappa shape index (κ2) is 10.4. The summed E-state index contributed by atoms with van der Waals surface area (Å²) >= 11 is 0. The summed E-state index contributed by atoms with van der Waals surface area (Å²) in [5.41, 5.74) is 13.9. The molecule has 0 aromatic heterocycles. The van der Waals surface area contributed by atoms with Crippen molar-refractivity contribution in [1.82, 2.24) is 0 Å². The predicted octanol–water partition coefficient (Wildman–Crippen LogP) is 10.8. The second-order valence-corrected chi connectivity index (χ2v) is 12.7. The van der Waals surface area contributed by atoms with E-state index in [1.54, 1.807) is 0 Å². The van der Waals surface area contributed by atoms with E-state index in [0.29, 0.717) is 0 Å². The summed E-state index contributed by atoms with van der Waals surface area (Å²) in [6, 6.07) is 60.6. The number of nitrogens with one attached hydrogen (secondary N) is 1. The Kier molecular flexibility index (Phi) is 5.85. The van der Waals surface area contributed by atoms with Crippen LogP contribution in [0.1, 0.15) is 45.0 Å². The number of benzene rings is 7. The molecular formula is C45H30N2O. The Labute approximate surface area is 279 Å². The van der Waals surface area contributed by atoms with Crippen LogP contribution < -0.4 is 10.1 Å². The first kappa shape index (κ1) is 27.0. The number of rotatable bonds is 3. The van der Waals surface area contributed by atoms with E-state index < -0.39 is 5.41 Å². The van der Waals surface area contributed by atoms with Gasteiger partial charge in [-0.3, -0.25) is 4.99 Å². The fourth-order valence-corrected chi connectivity index (χ4v) is 8.10. The third-order valence-corrected chi connectivity index (χ3v) is 10.2. The number of aliphatic imine (C=N–C) groups is 1. The summed E-state index contributed by atoms with van der Waals surface area (Å²) in [6.45, 7) is 0. The molecule has 3 aliphatic rings. The molecule has 0 fully saturated rings. The van der Waals surface area contributed by atoms with Crippen LogP contribution in [0.25, 0.3) is 22.3 Å². The van der Waals surface area contributed by atoms with E-state index in [0.717, 1.165) is 34.1 Å². The Bertz CT molecular complexity index is 2360. The highest BCUT2D eigenvalue weighted by Crippen LogP contribution is 2.62. The molecule has 1 unspecified atom stereocenters. The van der Waals surface area contributed by atoms with Gasteiger partial charge < -0.3 is 10.1 Å². The molecule has 3 nitrogen and oxygen atoms in total. The van der Waals surface area contributed by atoms with Crippen LogP contribution in [0.15, 0.2) is 175 Å². The largest absolute Gasteiger partial charge is 0.457 e. The number of fused-ring (bicyclic) bond motifs is 10.